The Labute approximate surface area is 69.7 Å². The first-order chi connectivity index (χ1) is 5.33. The van der Waals surface area contributed by atoms with Crippen LogP contribution in [0.3, 0.4) is 0 Å². The van der Waals surface area contributed by atoms with Crippen LogP contribution in [0.25, 0.3) is 0 Å². The molecule has 4 nitrogen and oxygen atoms in total. The minimum Gasteiger partial charge on any atom is -0.285 e. The molecule has 5 heteroatoms. The van der Waals surface area contributed by atoms with Gasteiger partial charge in [0.15, 0.2) is 0 Å². The summed E-state index contributed by atoms with van der Waals surface area (Å²) in [7, 11) is 0. The molecular formula is C6H7N3OS. The number of carbonyl (C=O) groups excluding carboxylic acids is 1. The molecule has 0 unspecified atom stereocenters. The van der Waals surface area contributed by atoms with Crippen molar-refractivity contribution in [3.8, 4) is 0 Å². The fourth-order valence-electron chi connectivity index (χ4n) is 0.588. The number of nitrogens with zero attached hydrogens (tertiary/aromatic N) is 2. The van der Waals surface area contributed by atoms with E-state index in [-0.39, 0.29) is 0 Å². The first kappa shape index (κ1) is 7.87. The molecule has 58 valence electrons. The number of anilines is 1. The highest BCUT2D eigenvalue weighted by atomic mass is 32.1. The van der Waals surface area contributed by atoms with Crippen LogP contribution >= 0.6 is 12.8 Å². The molecule has 0 saturated heterocycles. The van der Waals surface area contributed by atoms with Gasteiger partial charge < -0.3 is 0 Å². The van der Waals surface area contributed by atoms with E-state index in [9.17, 15) is 4.79 Å². The average Bonchev–Trinajstić information content (AvgIpc) is 2.06. The largest absolute Gasteiger partial charge is 0.285 e. The monoisotopic (exact) mass is 169 g/mol. The number of carbonyl (C=O) groups is 1. The zero-order chi connectivity index (χ0) is 8.10. The van der Waals surface area contributed by atoms with Gasteiger partial charge in [0.25, 0.3) is 0 Å². The van der Waals surface area contributed by atoms with Gasteiger partial charge in [0, 0.05) is 6.20 Å². The number of thiol groups is 1. The zero-order valence-corrected chi connectivity index (χ0v) is 6.53. The van der Waals surface area contributed by atoms with Crippen LogP contribution in [-0.4, -0.2) is 15.8 Å². The third-order valence-corrected chi connectivity index (χ3v) is 1.20. The maximum absolute atomic E-state index is 10.1. The Bertz CT molecular complexity index is 229. The lowest BCUT2D eigenvalue weighted by molar-refractivity contribution is -0.112. The van der Waals surface area contributed by atoms with Gasteiger partial charge in [0.1, 0.15) is 0 Å². The molecule has 0 aliphatic rings. The van der Waals surface area contributed by atoms with Crippen molar-refractivity contribution in [3.63, 3.8) is 0 Å². The van der Waals surface area contributed by atoms with E-state index < -0.39 is 0 Å². The van der Waals surface area contributed by atoms with Gasteiger partial charge in [-0.25, -0.2) is 4.41 Å². The van der Waals surface area contributed by atoms with Gasteiger partial charge in [0.05, 0.1) is 11.9 Å². The predicted octanol–water partition coefficient (Wildman–Crippen LogP) is 0.712. The van der Waals surface area contributed by atoms with Crippen molar-refractivity contribution < 1.29 is 4.79 Å². The van der Waals surface area contributed by atoms with Crippen molar-refractivity contribution in [3.05, 3.63) is 24.5 Å². The molecule has 0 aliphatic heterocycles. The fourth-order valence-corrected chi connectivity index (χ4v) is 0.703. The van der Waals surface area contributed by atoms with E-state index in [0.717, 1.165) is 10.1 Å². The van der Waals surface area contributed by atoms with Gasteiger partial charge >= 0.3 is 0 Å². The number of hydrogen-bond acceptors (Lipinski definition) is 4. The van der Waals surface area contributed by atoms with Crippen molar-refractivity contribution >= 4 is 24.9 Å². The van der Waals surface area contributed by atoms with E-state index in [4.69, 9.17) is 0 Å². The van der Waals surface area contributed by atoms with Crippen LogP contribution in [-0.2, 0) is 4.79 Å². The first-order valence-electron chi connectivity index (χ1n) is 2.93. The van der Waals surface area contributed by atoms with Crippen LogP contribution in [0.2, 0.25) is 0 Å². The van der Waals surface area contributed by atoms with Gasteiger partial charge in [-0.2, -0.15) is 0 Å². The van der Waals surface area contributed by atoms with E-state index in [2.05, 4.69) is 23.2 Å². The Morgan fingerprint density at radius 1 is 1.73 bits per heavy atom. The van der Waals surface area contributed by atoms with E-state index in [0.29, 0.717) is 6.41 Å². The summed E-state index contributed by atoms with van der Waals surface area (Å²) in [5, 5.41) is 0. The van der Waals surface area contributed by atoms with Crippen molar-refractivity contribution in [2.75, 3.05) is 5.43 Å². The number of hydrazine groups is 1. The third kappa shape index (κ3) is 2.46. The fraction of sp³-hybridized carbons (Fsp3) is 0. The van der Waals surface area contributed by atoms with Crippen LogP contribution in [0.1, 0.15) is 0 Å². The van der Waals surface area contributed by atoms with Crippen molar-refractivity contribution in [2.45, 2.75) is 0 Å². The number of hydrogen-bond donors (Lipinski definition) is 2. The number of aromatic nitrogens is 1. The Morgan fingerprint density at radius 3 is 3.09 bits per heavy atom. The predicted molar refractivity (Wildman–Crippen MR) is 44.7 cm³/mol. The lowest BCUT2D eigenvalue weighted by Gasteiger charge is -2.10. The van der Waals surface area contributed by atoms with E-state index in [1.165, 1.54) is 0 Å². The van der Waals surface area contributed by atoms with Crippen LogP contribution in [0.5, 0.6) is 0 Å². The van der Waals surface area contributed by atoms with Gasteiger partial charge in [0.2, 0.25) is 6.41 Å². The molecule has 0 aromatic carbocycles. The minimum absolute atomic E-state index is 0.552. The van der Waals surface area contributed by atoms with Gasteiger partial charge in [-0.1, -0.05) is 0 Å². The minimum atomic E-state index is 0.552. The summed E-state index contributed by atoms with van der Waals surface area (Å²) in [5.74, 6) is 0. The third-order valence-electron chi connectivity index (χ3n) is 1.01. The molecule has 1 rings (SSSR count). The first-order valence-corrected chi connectivity index (χ1v) is 3.33. The zero-order valence-electron chi connectivity index (χ0n) is 5.64. The van der Waals surface area contributed by atoms with Crippen LogP contribution in [0, 0.1) is 0 Å². The summed E-state index contributed by atoms with van der Waals surface area (Å²) in [6, 6.07) is 3.54. The molecule has 0 spiro atoms. The second-order valence-electron chi connectivity index (χ2n) is 1.80. The number of rotatable bonds is 3. The highest BCUT2D eigenvalue weighted by molar-refractivity contribution is 7.78. The normalized spacial score (nSPS) is 8.82. The van der Waals surface area contributed by atoms with Crippen molar-refractivity contribution in [1.29, 1.82) is 0 Å². The maximum Gasteiger partial charge on any atom is 0.238 e. The number of amides is 1. The topological polar surface area (TPSA) is 45.2 Å². The molecule has 1 N–H and O–H groups in total. The highest BCUT2D eigenvalue weighted by Gasteiger charge is 1.92. The van der Waals surface area contributed by atoms with Crippen molar-refractivity contribution in [1.82, 2.24) is 9.40 Å². The molecule has 0 aliphatic carbocycles. The summed E-state index contributed by atoms with van der Waals surface area (Å²) in [4.78, 5) is 13.9. The molecule has 0 radical (unpaired) electrons. The maximum atomic E-state index is 10.1. The molecule has 0 saturated carbocycles. The lowest BCUT2D eigenvalue weighted by Crippen LogP contribution is -2.17. The molecule has 1 heterocycles. The average molecular weight is 169 g/mol. The summed E-state index contributed by atoms with van der Waals surface area (Å²) in [6.45, 7) is 0. The quantitative estimate of drug-likeness (QED) is 0.398. The Morgan fingerprint density at radius 2 is 2.55 bits per heavy atom. The SMILES string of the molecule is O=CN(S)Nc1cccnc1. The van der Waals surface area contributed by atoms with E-state index in [1.54, 1.807) is 24.5 Å². The molecule has 1 aromatic heterocycles. The molecule has 11 heavy (non-hydrogen) atoms. The molecular weight excluding hydrogens is 162 g/mol. The molecule has 0 atom stereocenters. The molecule has 0 bridgehead atoms. The lowest BCUT2D eigenvalue weighted by atomic mass is 10.4. The summed E-state index contributed by atoms with van der Waals surface area (Å²) in [5.41, 5.74) is 3.38. The second kappa shape index (κ2) is 3.82. The molecule has 1 aromatic rings. The highest BCUT2D eigenvalue weighted by Crippen LogP contribution is 2.03. The molecule has 1 amide bonds. The van der Waals surface area contributed by atoms with Crippen molar-refractivity contribution in [2.24, 2.45) is 0 Å². The van der Waals surface area contributed by atoms with E-state index in [1.807, 2.05) is 0 Å². The van der Waals surface area contributed by atoms with Crippen LogP contribution in [0.15, 0.2) is 24.5 Å². The van der Waals surface area contributed by atoms with Gasteiger partial charge in [-0.15, -0.1) is 0 Å². The van der Waals surface area contributed by atoms with Gasteiger partial charge in [-0.05, 0) is 24.9 Å². The van der Waals surface area contributed by atoms with Crippen LogP contribution < -0.4 is 5.43 Å². The Kier molecular flexibility index (Phi) is 2.74. The van der Waals surface area contributed by atoms with E-state index >= 15 is 0 Å². The Balaban J connectivity index is 2.57. The number of pyridine rings is 1. The Hall–Kier alpha value is -1.23. The summed E-state index contributed by atoms with van der Waals surface area (Å²) >= 11 is 3.77. The molecule has 0 fully saturated rings. The second-order valence-corrected chi connectivity index (χ2v) is 2.23. The van der Waals surface area contributed by atoms with Crippen LogP contribution in [0.4, 0.5) is 5.69 Å². The number of nitrogens with one attached hydrogen (secondary N) is 1. The smallest absolute Gasteiger partial charge is 0.238 e. The summed E-state index contributed by atoms with van der Waals surface area (Å²) in [6.07, 6.45) is 3.79. The van der Waals surface area contributed by atoms with Gasteiger partial charge in [-0.3, -0.25) is 15.2 Å². The summed E-state index contributed by atoms with van der Waals surface area (Å²) < 4.78 is 1.01. The standard InChI is InChI=1S/C6H7N3OS/c10-5-9(11)8-6-2-1-3-7-4-6/h1-5,8,11H.